The van der Waals surface area contributed by atoms with Gasteiger partial charge in [0, 0.05) is 49.4 Å². The quantitative estimate of drug-likeness (QED) is 0.396. The number of rotatable bonds is 8. The predicted molar refractivity (Wildman–Crippen MR) is 153 cm³/mol. The molecule has 0 spiro atoms. The molecular formula is C29H35ClN5O4S+. The van der Waals surface area contributed by atoms with Crippen LogP contribution in [0.2, 0.25) is 5.02 Å². The molecule has 3 aromatic rings. The molecular weight excluding hydrogens is 550 g/mol. The Morgan fingerprint density at radius 1 is 1.07 bits per heavy atom. The van der Waals surface area contributed by atoms with Crippen molar-refractivity contribution in [1.29, 1.82) is 0 Å². The zero-order chi connectivity index (χ0) is 28.4. The number of amides is 2. The van der Waals surface area contributed by atoms with Crippen LogP contribution in [0.3, 0.4) is 0 Å². The van der Waals surface area contributed by atoms with Crippen LogP contribution in [0.5, 0.6) is 0 Å². The van der Waals surface area contributed by atoms with Gasteiger partial charge in [-0.2, -0.15) is 4.72 Å². The lowest BCUT2D eigenvalue weighted by molar-refractivity contribution is -0.671. The Kier molecular flexibility index (Phi) is 8.42. The fourth-order valence-corrected chi connectivity index (χ4v) is 6.91. The Hall–Kier alpha value is -3.05. The summed E-state index contributed by atoms with van der Waals surface area (Å²) in [4.78, 5) is 30.0. The van der Waals surface area contributed by atoms with Crippen LogP contribution < -0.4 is 14.6 Å². The normalized spacial score (nSPS) is 20.7. The molecule has 2 saturated heterocycles. The molecule has 2 fully saturated rings. The first-order valence-electron chi connectivity index (χ1n) is 13.6. The van der Waals surface area contributed by atoms with Crippen LogP contribution in [0.1, 0.15) is 31.7 Å². The molecule has 2 amide bonds. The largest absolute Gasteiger partial charge is 0.339 e. The maximum absolute atomic E-state index is 13.4. The summed E-state index contributed by atoms with van der Waals surface area (Å²) >= 11 is 6.03. The molecule has 2 aliphatic heterocycles. The van der Waals surface area contributed by atoms with Gasteiger partial charge in [-0.1, -0.05) is 23.7 Å². The molecule has 0 radical (unpaired) electrons. The number of aromatic nitrogens is 1. The van der Waals surface area contributed by atoms with Gasteiger partial charge in [0.05, 0.1) is 4.90 Å². The fourth-order valence-electron chi connectivity index (χ4n) is 5.47. The van der Waals surface area contributed by atoms with E-state index in [1.54, 1.807) is 37.3 Å². The minimum Gasteiger partial charge on any atom is -0.339 e. The van der Waals surface area contributed by atoms with E-state index in [4.69, 9.17) is 11.6 Å². The van der Waals surface area contributed by atoms with Crippen LogP contribution in [0.25, 0.3) is 10.8 Å². The maximum atomic E-state index is 13.4. The second-order valence-corrected chi connectivity index (χ2v) is 12.9. The highest BCUT2D eigenvalue weighted by Gasteiger charge is 2.40. The monoisotopic (exact) mass is 584 g/mol. The SMILES string of the molecule is CC(C(=O)N1CCCC(NCc2cc[n+](C)cc2)C1)N1CCC(NS(=O)(=O)c2ccc3cc(Cl)ccc3c2)C1=O. The van der Waals surface area contributed by atoms with Gasteiger partial charge in [0.15, 0.2) is 12.4 Å². The van der Waals surface area contributed by atoms with Crippen molar-refractivity contribution < 1.29 is 22.6 Å². The van der Waals surface area contributed by atoms with Crippen molar-refractivity contribution in [2.45, 2.75) is 55.8 Å². The number of carbonyl (C=O) groups is 2. The summed E-state index contributed by atoms with van der Waals surface area (Å²) in [5, 5.41) is 5.68. The number of hydrogen-bond donors (Lipinski definition) is 2. The molecule has 212 valence electrons. The van der Waals surface area contributed by atoms with E-state index in [2.05, 4.69) is 22.2 Å². The number of carbonyl (C=O) groups excluding carboxylic acids is 2. The Balaban J connectivity index is 1.18. The first-order chi connectivity index (χ1) is 19.1. The molecule has 3 atom stereocenters. The molecule has 11 heteroatoms. The molecule has 3 unspecified atom stereocenters. The van der Waals surface area contributed by atoms with Crippen molar-refractivity contribution in [2.24, 2.45) is 7.05 Å². The van der Waals surface area contributed by atoms with Gasteiger partial charge in [0.25, 0.3) is 0 Å². The van der Waals surface area contributed by atoms with Gasteiger partial charge >= 0.3 is 0 Å². The minimum absolute atomic E-state index is 0.0777. The van der Waals surface area contributed by atoms with Crippen LogP contribution in [-0.2, 0) is 33.2 Å². The van der Waals surface area contributed by atoms with Crippen molar-refractivity contribution in [3.8, 4) is 0 Å². The number of likely N-dealkylation sites (tertiary alicyclic amines) is 2. The molecule has 3 heterocycles. The molecule has 2 aliphatic rings. The van der Waals surface area contributed by atoms with Crippen molar-refractivity contribution in [2.75, 3.05) is 19.6 Å². The smallest absolute Gasteiger partial charge is 0.245 e. The van der Waals surface area contributed by atoms with Crippen LogP contribution in [0, 0.1) is 0 Å². The highest BCUT2D eigenvalue weighted by Crippen LogP contribution is 2.24. The van der Waals surface area contributed by atoms with Crippen LogP contribution in [-0.4, -0.2) is 67.8 Å². The summed E-state index contributed by atoms with van der Waals surface area (Å²) in [5.74, 6) is -0.482. The van der Waals surface area contributed by atoms with E-state index in [1.165, 1.54) is 16.5 Å². The Morgan fingerprint density at radius 3 is 2.58 bits per heavy atom. The number of nitrogens with zero attached hydrogens (tertiary/aromatic N) is 3. The molecule has 0 aliphatic carbocycles. The lowest BCUT2D eigenvalue weighted by Gasteiger charge is -2.36. The van der Waals surface area contributed by atoms with Crippen molar-refractivity contribution in [3.05, 3.63) is 71.5 Å². The summed E-state index contributed by atoms with van der Waals surface area (Å²) < 4.78 is 30.8. The van der Waals surface area contributed by atoms with Crippen molar-refractivity contribution in [3.63, 3.8) is 0 Å². The minimum atomic E-state index is -3.94. The molecule has 2 aromatic carbocycles. The number of fused-ring (bicyclic) bond motifs is 1. The third-order valence-electron chi connectivity index (χ3n) is 7.82. The molecule has 0 saturated carbocycles. The maximum Gasteiger partial charge on any atom is 0.245 e. The zero-order valence-corrected chi connectivity index (χ0v) is 24.3. The van der Waals surface area contributed by atoms with E-state index in [-0.39, 0.29) is 22.8 Å². The third-order valence-corrected chi connectivity index (χ3v) is 9.53. The number of halogens is 1. The molecule has 9 nitrogen and oxygen atoms in total. The summed E-state index contributed by atoms with van der Waals surface area (Å²) in [6, 6.07) is 12.7. The van der Waals surface area contributed by atoms with Gasteiger partial charge in [-0.25, -0.2) is 13.0 Å². The van der Waals surface area contributed by atoms with Gasteiger partial charge < -0.3 is 15.1 Å². The third kappa shape index (κ3) is 6.30. The Morgan fingerprint density at radius 2 is 1.80 bits per heavy atom. The van der Waals surface area contributed by atoms with E-state index in [1.807, 2.05) is 28.9 Å². The van der Waals surface area contributed by atoms with Gasteiger partial charge in [0.1, 0.15) is 19.1 Å². The van der Waals surface area contributed by atoms with E-state index < -0.39 is 22.1 Å². The number of benzene rings is 2. The van der Waals surface area contributed by atoms with Crippen LogP contribution in [0.15, 0.2) is 65.8 Å². The standard InChI is InChI=1S/C29H35ClN5O4S/c1-20(28(36)34-12-3-4-25(19-34)31-18-21-9-13-33(2)14-10-21)35-15-11-27(29(35)37)32-40(38,39)26-8-6-22-16-24(30)7-5-23(22)17-26/h5-10,13-14,16-17,20,25,27,31-32H,3-4,11-12,15,18-19H2,1-2H3/q+1. The highest BCUT2D eigenvalue weighted by molar-refractivity contribution is 7.89. The van der Waals surface area contributed by atoms with Crippen molar-refractivity contribution >= 4 is 44.2 Å². The molecule has 5 rings (SSSR count). The highest BCUT2D eigenvalue weighted by atomic mass is 35.5. The summed E-state index contributed by atoms with van der Waals surface area (Å²) in [5.41, 5.74) is 1.18. The number of pyridine rings is 1. The van der Waals surface area contributed by atoms with Crippen molar-refractivity contribution in [1.82, 2.24) is 19.8 Å². The van der Waals surface area contributed by atoms with Crippen LogP contribution in [0.4, 0.5) is 0 Å². The number of nitrogens with one attached hydrogen (secondary N) is 2. The second-order valence-electron chi connectivity index (χ2n) is 10.7. The van der Waals surface area contributed by atoms with Gasteiger partial charge in [-0.15, -0.1) is 0 Å². The number of hydrogen-bond acceptors (Lipinski definition) is 5. The molecule has 0 bridgehead atoms. The zero-order valence-electron chi connectivity index (χ0n) is 22.7. The van der Waals surface area contributed by atoms with E-state index in [0.29, 0.717) is 31.1 Å². The average Bonchev–Trinajstić information content (AvgIpc) is 3.30. The lowest BCUT2D eigenvalue weighted by Crippen LogP contribution is -2.54. The number of piperidine rings is 1. The van der Waals surface area contributed by atoms with E-state index in [0.717, 1.165) is 30.2 Å². The number of aryl methyl sites for hydroxylation is 1. The van der Waals surface area contributed by atoms with E-state index in [9.17, 15) is 18.0 Å². The summed E-state index contributed by atoms with van der Waals surface area (Å²) in [7, 11) is -1.96. The topological polar surface area (TPSA) is 103 Å². The predicted octanol–water partition coefficient (Wildman–Crippen LogP) is 2.37. The van der Waals surface area contributed by atoms with Crippen LogP contribution >= 0.6 is 11.6 Å². The Labute approximate surface area is 240 Å². The lowest BCUT2D eigenvalue weighted by atomic mass is 10.0. The van der Waals surface area contributed by atoms with Gasteiger partial charge in [-0.05, 0) is 66.8 Å². The molecule has 40 heavy (non-hydrogen) atoms. The van der Waals surface area contributed by atoms with Gasteiger partial charge in [0.2, 0.25) is 21.8 Å². The average molecular weight is 585 g/mol. The fraction of sp³-hybridized carbons (Fsp3) is 0.414. The molecule has 2 N–H and O–H groups in total. The van der Waals surface area contributed by atoms with Gasteiger partial charge in [-0.3, -0.25) is 9.59 Å². The first kappa shape index (κ1) is 28.5. The van der Waals surface area contributed by atoms with E-state index >= 15 is 0 Å². The summed E-state index contributed by atoms with van der Waals surface area (Å²) in [6.45, 7) is 3.99. The number of sulfonamides is 1. The first-order valence-corrected chi connectivity index (χ1v) is 15.5. The molecule has 1 aromatic heterocycles. The summed E-state index contributed by atoms with van der Waals surface area (Å²) in [6.07, 6.45) is 6.18. The Bertz CT molecular complexity index is 1510. The second kappa shape index (κ2) is 11.8.